The van der Waals surface area contributed by atoms with Crippen LogP contribution in [0.3, 0.4) is 0 Å². The quantitative estimate of drug-likeness (QED) is 0.837. The van der Waals surface area contributed by atoms with Crippen molar-refractivity contribution in [2.24, 2.45) is 5.92 Å². The molecule has 2 rings (SSSR count). The largest absolute Gasteiger partial charge is 0.353 e. The number of urea groups is 1. The molecule has 1 aromatic heterocycles. The number of hydrogen-bond donors (Lipinski definition) is 2. The molecule has 102 valence electrons. The summed E-state index contributed by atoms with van der Waals surface area (Å²) in [5.74, 6) is -0.0189. The second-order valence-electron chi connectivity index (χ2n) is 4.84. The van der Waals surface area contributed by atoms with Crippen molar-refractivity contribution in [1.82, 2.24) is 15.2 Å². The Bertz CT molecular complexity index is 461. The summed E-state index contributed by atoms with van der Waals surface area (Å²) < 4.78 is 0. The first-order valence-corrected chi connectivity index (χ1v) is 6.35. The molecule has 0 spiro atoms. The molecule has 6 heteroatoms. The Kier molecular flexibility index (Phi) is 3.99. The third kappa shape index (κ3) is 3.01. The van der Waals surface area contributed by atoms with Crippen LogP contribution in [0.25, 0.3) is 0 Å². The maximum Gasteiger partial charge on any atom is 0.322 e. The Labute approximate surface area is 112 Å². The first kappa shape index (κ1) is 13.3. The zero-order valence-electron chi connectivity index (χ0n) is 11.1. The predicted octanol–water partition coefficient (Wildman–Crippen LogP) is 1.07. The van der Waals surface area contributed by atoms with E-state index in [1.165, 1.54) is 0 Å². The Morgan fingerprint density at radius 1 is 1.47 bits per heavy atom. The molecule has 0 radical (unpaired) electrons. The third-order valence-electron chi connectivity index (χ3n) is 3.08. The van der Waals surface area contributed by atoms with Crippen molar-refractivity contribution < 1.29 is 9.59 Å². The van der Waals surface area contributed by atoms with E-state index in [4.69, 9.17) is 0 Å². The number of nitrogens with one attached hydrogen (secondary N) is 2. The van der Waals surface area contributed by atoms with Crippen LogP contribution in [-0.2, 0) is 4.79 Å². The monoisotopic (exact) mass is 262 g/mol. The topological polar surface area (TPSA) is 74.3 Å². The van der Waals surface area contributed by atoms with E-state index < -0.39 is 6.04 Å². The van der Waals surface area contributed by atoms with Gasteiger partial charge in [-0.3, -0.25) is 9.78 Å². The van der Waals surface area contributed by atoms with Gasteiger partial charge in [0.25, 0.3) is 0 Å². The molecule has 0 unspecified atom stereocenters. The molecule has 1 saturated heterocycles. The summed E-state index contributed by atoms with van der Waals surface area (Å²) in [6.45, 7) is 4.88. The second kappa shape index (κ2) is 5.69. The first-order chi connectivity index (χ1) is 9.09. The lowest BCUT2D eigenvalue weighted by Gasteiger charge is -2.37. The summed E-state index contributed by atoms with van der Waals surface area (Å²) in [4.78, 5) is 29.6. The number of amides is 3. The number of nitrogens with zero attached hydrogens (tertiary/aromatic N) is 2. The number of rotatable bonds is 2. The molecule has 0 aliphatic carbocycles. The molecule has 0 bridgehead atoms. The zero-order valence-corrected chi connectivity index (χ0v) is 11.1. The molecule has 3 amide bonds. The molecule has 1 atom stereocenters. The minimum Gasteiger partial charge on any atom is -0.353 e. The summed E-state index contributed by atoms with van der Waals surface area (Å²) in [6.07, 6.45) is 3.22. The van der Waals surface area contributed by atoms with Crippen LogP contribution < -0.4 is 10.6 Å². The highest BCUT2D eigenvalue weighted by atomic mass is 16.2. The summed E-state index contributed by atoms with van der Waals surface area (Å²) >= 11 is 0. The maximum atomic E-state index is 12.2. The highest BCUT2D eigenvalue weighted by Crippen LogP contribution is 2.16. The third-order valence-corrected chi connectivity index (χ3v) is 3.08. The number of anilines is 1. The van der Waals surface area contributed by atoms with E-state index in [-0.39, 0.29) is 17.9 Å². The van der Waals surface area contributed by atoms with E-state index in [1.54, 1.807) is 29.4 Å². The Balaban J connectivity index is 2.10. The second-order valence-corrected chi connectivity index (χ2v) is 4.84. The molecule has 2 N–H and O–H groups in total. The van der Waals surface area contributed by atoms with Crippen LogP contribution >= 0.6 is 0 Å². The Morgan fingerprint density at radius 2 is 2.16 bits per heavy atom. The van der Waals surface area contributed by atoms with Crippen LogP contribution in [0.4, 0.5) is 10.5 Å². The molecule has 1 fully saturated rings. The van der Waals surface area contributed by atoms with Crippen molar-refractivity contribution in [3.63, 3.8) is 0 Å². The van der Waals surface area contributed by atoms with Crippen LogP contribution in [0.2, 0.25) is 0 Å². The number of carbonyl (C=O) groups is 2. The molecule has 1 aromatic rings. The molecular formula is C13H18N4O2. The van der Waals surface area contributed by atoms with E-state index >= 15 is 0 Å². The van der Waals surface area contributed by atoms with Gasteiger partial charge in [0, 0.05) is 31.2 Å². The fourth-order valence-corrected chi connectivity index (χ4v) is 2.21. The Morgan fingerprint density at radius 3 is 2.79 bits per heavy atom. The van der Waals surface area contributed by atoms with Crippen LogP contribution in [0.1, 0.15) is 13.8 Å². The lowest BCUT2D eigenvalue weighted by Crippen LogP contribution is -2.60. The van der Waals surface area contributed by atoms with Gasteiger partial charge in [0.05, 0.1) is 0 Å². The minimum atomic E-state index is -0.421. The fraction of sp³-hybridized carbons (Fsp3) is 0.462. The van der Waals surface area contributed by atoms with Gasteiger partial charge < -0.3 is 15.5 Å². The summed E-state index contributed by atoms with van der Waals surface area (Å²) in [5.41, 5.74) is 0.675. The van der Waals surface area contributed by atoms with Gasteiger partial charge in [0.1, 0.15) is 6.04 Å². The lowest BCUT2D eigenvalue weighted by molar-refractivity contribution is -0.129. The van der Waals surface area contributed by atoms with Gasteiger partial charge in [0.15, 0.2) is 0 Å². The molecule has 0 saturated carbocycles. The van der Waals surface area contributed by atoms with E-state index in [9.17, 15) is 9.59 Å². The average molecular weight is 262 g/mol. The molecule has 1 aliphatic heterocycles. The maximum absolute atomic E-state index is 12.2. The predicted molar refractivity (Wildman–Crippen MR) is 71.6 cm³/mol. The van der Waals surface area contributed by atoms with Crippen molar-refractivity contribution in [2.75, 3.05) is 18.4 Å². The fourth-order valence-electron chi connectivity index (χ4n) is 2.21. The average Bonchev–Trinajstić information content (AvgIpc) is 2.39. The molecule has 19 heavy (non-hydrogen) atoms. The zero-order chi connectivity index (χ0) is 13.8. The summed E-state index contributed by atoms with van der Waals surface area (Å²) in [7, 11) is 0. The van der Waals surface area contributed by atoms with Crippen molar-refractivity contribution in [3.05, 3.63) is 24.5 Å². The molecule has 6 nitrogen and oxygen atoms in total. The van der Waals surface area contributed by atoms with Crippen LogP contribution in [0, 0.1) is 5.92 Å². The highest BCUT2D eigenvalue weighted by molar-refractivity contribution is 5.94. The lowest BCUT2D eigenvalue weighted by atomic mass is 10.00. The molecule has 2 heterocycles. The first-order valence-electron chi connectivity index (χ1n) is 6.35. The van der Waals surface area contributed by atoms with Gasteiger partial charge in [-0.1, -0.05) is 13.8 Å². The Hall–Kier alpha value is -2.11. The van der Waals surface area contributed by atoms with Gasteiger partial charge in [-0.2, -0.15) is 0 Å². The summed E-state index contributed by atoms with van der Waals surface area (Å²) in [5, 5.41) is 5.58. The van der Waals surface area contributed by atoms with Gasteiger partial charge in [-0.25, -0.2) is 4.79 Å². The van der Waals surface area contributed by atoms with Crippen LogP contribution in [-0.4, -0.2) is 41.0 Å². The van der Waals surface area contributed by atoms with Crippen molar-refractivity contribution in [3.8, 4) is 0 Å². The van der Waals surface area contributed by atoms with E-state index in [2.05, 4.69) is 15.6 Å². The number of piperazine rings is 1. The van der Waals surface area contributed by atoms with E-state index in [1.807, 2.05) is 13.8 Å². The van der Waals surface area contributed by atoms with Gasteiger partial charge in [-0.15, -0.1) is 0 Å². The van der Waals surface area contributed by atoms with Crippen molar-refractivity contribution in [1.29, 1.82) is 0 Å². The van der Waals surface area contributed by atoms with E-state index in [0.29, 0.717) is 18.8 Å². The van der Waals surface area contributed by atoms with Crippen LogP contribution in [0.15, 0.2) is 24.5 Å². The van der Waals surface area contributed by atoms with Crippen LogP contribution in [0.5, 0.6) is 0 Å². The standard InChI is InChI=1S/C13H18N4O2/c1-9(2)11-12(18)15-7-8-17(11)13(19)16-10-3-5-14-6-4-10/h3-6,9,11H,7-8H2,1-2H3,(H,15,18)(H,14,16,19)/t11-/m1/s1. The van der Waals surface area contributed by atoms with Crippen molar-refractivity contribution in [2.45, 2.75) is 19.9 Å². The summed E-state index contributed by atoms with van der Waals surface area (Å²) in [6, 6.07) is 2.76. The number of carbonyl (C=O) groups excluding carboxylic acids is 2. The molecule has 1 aliphatic rings. The molecule has 0 aromatic carbocycles. The van der Waals surface area contributed by atoms with Crippen molar-refractivity contribution >= 4 is 17.6 Å². The number of aromatic nitrogens is 1. The normalized spacial score (nSPS) is 19.2. The SMILES string of the molecule is CC(C)[C@@H]1C(=O)NCCN1C(=O)Nc1ccncc1. The van der Waals surface area contributed by atoms with Gasteiger partial charge >= 0.3 is 6.03 Å². The van der Waals surface area contributed by atoms with E-state index in [0.717, 1.165) is 0 Å². The highest BCUT2D eigenvalue weighted by Gasteiger charge is 2.35. The number of hydrogen-bond acceptors (Lipinski definition) is 3. The van der Waals surface area contributed by atoms with Gasteiger partial charge in [-0.05, 0) is 18.1 Å². The minimum absolute atomic E-state index is 0.0727. The molecular weight excluding hydrogens is 244 g/mol. The smallest absolute Gasteiger partial charge is 0.322 e. The number of pyridine rings is 1. The van der Waals surface area contributed by atoms with Gasteiger partial charge in [0.2, 0.25) is 5.91 Å².